The van der Waals surface area contributed by atoms with Gasteiger partial charge in [0.05, 0.1) is 0 Å². The molecule has 4 aliphatic carbocycles. The number of rotatable bonds is 5. The SMILES string of the molecule is CC(=O)OCC(=O)C1CC[C@H]2[C@@H]3CCC4=CC(=O)CC[C@]4(C)[C@H]3[C@@H](ON=O)C[C@]12C. The normalized spacial score (nSPS) is 42.3. The highest BCUT2D eigenvalue weighted by atomic mass is 16.7. The molecule has 0 radical (unpaired) electrons. The summed E-state index contributed by atoms with van der Waals surface area (Å²) in [4.78, 5) is 52.8. The highest BCUT2D eigenvalue weighted by Crippen LogP contribution is 2.67. The molecule has 0 heterocycles. The third-order valence-corrected chi connectivity index (χ3v) is 8.86. The number of carbonyl (C=O) groups is 3. The maximum absolute atomic E-state index is 12.9. The Kier molecular flexibility index (Phi) is 5.35. The Balaban J connectivity index is 1.66. The van der Waals surface area contributed by atoms with Gasteiger partial charge in [0.2, 0.25) is 0 Å². The first-order chi connectivity index (χ1) is 14.2. The Hall–Kier alpha value is -2.05. The molecule has 4 rings (SSSR count). The summed E-state index contributed by atoms with van der Waals surface area (Å²) in [5.74, 6) is 0.252. The number of Topliss-reactive ketones (excluding diaryl/α,β-unsaturated/α-hetero) is 1. The Morgan fingerprint density at radius 2 is 1.97 bits per heavy atom. The van der Waals surface area contributed by atoms with Crippen molar-refractivity contribution >= 4 is 17.5 Å². The zero-order chi connectivity index (χ0) is 21.7. The lowest BCUT2D eigenvalue weighted by Gasteiger charge is -2.59. The Morgan fingerprint density at radius 1 is 1.20 bits per heavy atom. The van der Waals surface area contributed by atoms with E-state index in [4.69, 9.17) is 9.57 Å². The van der Waals surface area contributed by atoms with E-state index in [0.717, 1.165) is 32.1 Å². The fourth-order valence-corrected chi connectivity index (χ4v) is 7.61. The number of ether oxygens (including phenoxy) is 1. The van der Waals surface area contributed by atoms with Crippen LogP contribution in [0.5, 0.6) is 0 Å². The molecule has 0 aromatic rings. The molecule has 4 aliphatic rings. The number of esters is 1. The maximum atomic E-state index is 12.9. The highest BCUT2D eigenvalue weighted by molar-refractivity contribution is 5.91. The monoisotopic (exact) mass is 417 g/mol. The molecular weight excluding hydrogens is 386 g/mol. The quantitative estimate of drug-likeness (QED) is 0.382. The van der Waals surface area contributed by atoms with Crippen molar-refractivity contribution < 1.29 is 24.0 Å². The Bertz CT molecular complexity index is 806. The fourth-order valence-electron chi connectivity index (χ4n) is 7.61. The van der Waals surface area contributed by atoms with Crippen molar-refractivity contribution in [1.82, 2.24) is 0 Å². The van der Waals surface area contributed by atoms with Crippen molar-refractivity contribution in [3.8, 4) is 0 Å². The van der Waals surface area contributed by atoms with E-state index in [-0.39, 0.29) is 46.9 Å². The van der Waals surface area contributed by atoms with Crippen LogP contribution in [0, 0.1) is 39.4 Å². The molecule has 3 fully saturated rings. The zero-order valence-corrected chi connectivity index (χ0v) is 18.0. The molecular formula is C23H31NO6. The highest BCUT2D eigenvalue weighted by Gasteiger charge is 2.64. The minimum Gasteiger partial charge on any atom is -0.458 e. The summed E-state index contributed by atoms with van der Waals surface area (Å²) in [5.41, 5.74) is 0.701. The first kappa shape index (κ1) is 21.2. The summed E-state index contributed by atoms with van der Waals surface area (Å²) in [6.07, 6.45) is 6.85. The lowest BCUT2D eigenvalue weighted by molar-refractivity contribution is -0.162. The van der Waals surface area contributed by atoms with Gasteiger partial charge in [-0.05, 0) is 67.3 Å². The molecule has 0 bridgehead atoms. The van der Waals surface area contributed by atoms with Crippen LogP contribution in [-0.2, 0) is 24.0 Å². The maximum Gasteiger partial charge on any atom is 0.303 e. The van der Waals surface area contributed by atoms with Crippen molar-refractivity contribution in [3.05, 3.63) is 16.6 Å². The molecule has 0 saturated heterocycles. The number of carbonyl (C=O) groups excluding carboxylic acids is 3. The standard InChI is InChI=1S/C23H31NO6/c1-13(25)29-12-19(27)18-7-6-17-16-5-4-14-10-15(26)8-9-22(14,2)21(16)20(30-24-28)11-23(17,18)3/h10,16-18,20-21H,4-9,11-12H2,1-3H3/t16-,17-,18?,20-,21+,22-,23-/m0/s1. The van der Waals surface area contributed by atoms with Crippen molar-refractivity contribution in [2.45, 2.75) is 71.8 Å². The summed E-state index contributed by atoms with van der Waals surface area (Å²) in [6.45, 7) is 5.46. The van der Waals surface area contributed by atoms with Crippen molar-refractivity contribution in [1.29, 1.82) is 0 Å². The van der Waals surface area contributed by atoms with Gasteiger partial charge in [0, 0.05) is 25.2 Å². The topological polar surface area (TPSA) is 99.1 Å². The molecule has 3 saturated carbocycles. The Labute approximate surface area is 176 Å². The van der Waals surface area contributed by atoms with E-state index in [1.807, 2.05) is 6.08 Å². The summed E-state index contributed by atoms with van der Waals surface area (Å²) in [6, 6.07) is 0. The van der Waals surface area contributed by atoms with Gasteiger partial charge in [0.15, 0.2) is 16.9 Å². The largest absolute Gasteiger partial charge is 0.458 e. The molecule has 30 heavy (non-hydrogen) atoms. The second-order valence-electron chi connectivity index (χ2n) is 10.2. The van der Waals surface area contributed by atoms with Gasteiger partial charge in [-0.1, -0.05) is 19.4 Å². The minimum absolute atomic E-state index is 0.0441. The van der Waals surface area contributed by atoms with Crippen molar-refractivity contribution in [3.63, 3.8) is 0 Å². The smallest absolute Gasteiger partial charge is 0.303 e. The van der Waals surface area contributed by atoms with E-state index in [1.165, 1.54) is 12.5 Å². The van der Waals surface area contributed by atoms with E-state index in [2.05, 4.69) is 19.2 Å². The molecule has 0 N–H and O–H groups in total. The molecule has 7 nitrogen and oxygen atoms in total. The molecule has 1 unspecified atom stereocenters. The molecule has 0 amide bonds. The van der Waals surface area contributed by atoms with Crippen LogP contribution in [0.2, 0.25) is 0 Å². The van der Waals surface area contributed by atoms with Crippen LogP contribution in [0.25, 0.3) is 0 Å². The fraction of sp³-hybridized carbons (Fsp3) is 0.783. The van der Waals surface area contributed by atoms with Gasteiger partial charge < -0.3 is 9.57 Å². The predicted molar refractivity (Wildman–Crippen MR) is 108 cm³/mol. The number of hydrogen-bond acceptors (Lipinski definition) is 7. The number of hydrogen-bond donors (Lipinski definition) is 0. The molecule has 0 aromatic carbocycles. The van der Waals surface area contributed by atoms with Crippen LogP contribution >= 0.6 is 0 Å². The van der Waals surface area contributed by atoms with Crippen LogP contribution in [0.1, 0.15) is 65.7 Å². The number of nitrogens with zero attached hydrogens (tertiary/aromatic N) is 1. The van der Waals surface area contributed by atoms with Crippen LogP contribution < -0.4 is 0 Å². The molecule has 7 heteroatoms. The molecule has 164 valence electrons. The third kappa shape index (κ3) is 3.21. The second kappa shape index (κ2) is 7.57. The lowest BCUT2D eigenvalue weighted by Crippen LogP contribution is -2.57. The Morgan fingerprint density at radius 3 is 2.67 bits per heavy atom. The summed E-state index contributed by atoms with van der Waals surface area (Å²) in [5, 5.41) is 2.82. The van der Waals surface area contributed by atoms with Crippen LogP contribution in [0.15, 0.2) is 17.0 Å². The summed E-state index contributed by atoms with van der Waals surface area (Å²) in [7, 11) is 0. The minimum atomic E-state index is -0.454. The van der Waals surface area contributed by atoms with Gasteiger partial charge in [0.25, 0.3) is 0 Å². The van der Waals surface area contributed by atoms with Gasteiger partial charge in [-0.3, -0.25) is 14.4 Å². The zero-order valence-electron chi connectivity index (χ0n) is 18.0. The third-order valence-electron chi connectivity index (χ3n) is 8.86. The molecule has 7 atom stereocenters. The van der Waals surface area contributed by atoms with E-state index in [9.17, 15) is 19.3 Å². The average molecular weight is 418 g/mol. The molecule has 0 aliphatic heterocycles. The summed E-state index contributed by atoms with van der Waals surface area (Å²) >= 11 is 0. The average Bonchev–Trinajstić information content (AvgIpc) is 3.03. The van der Waals surface area contributed by atoms with Crippen molar-refractivity contribution in [2.75, 3.05) is 6.61 Å². The van der Waals surface area contributed by atoms with Crippen LogP contribution in [0.4, 0.5) is 0 Å². The number of allylic oxidation sites excluding steroid dienone is 1. The molecule has 0 spiro atoms. The predicted octanol–water partition coefficient (Wildman–Crippen LogP) is 3.94. The number of fused-ring (bicyclic) bond motifs is 5. The van der Waals surface area contributed by atoms with Crippen LogP contribution in [0.3, 0.4) is 0 Å². The van der Waals surface area contributed by atoms with Gasteiger partial charge in [-0.15, -0.1) is 4.91 Å². The van der Waals surface area contributed by atoms with Gasteiger partial charge in [0.1, 0.15) is 12.7 Å². The van der Waals surface area contributed by atoms with Crippen molar-refractivity contribution in [2.24, 2.45) is 39.8 Å². The van der Waals surface area contributed by atoms with E-state index < -0.39 is 5.97 Å². The summed E-state index contributed by atoms with van der Waals surface area (Å²) < 4.78 is 4.99. The first-order valence-electron chi connectivity index (χ1n) is 11.1. The number of ketones is 2. The van der Waals surface area contributed by atoms with E-state index in [0.29, 0.717) is 24.7 Å². The van der Waals surface area contributed by atoms with Gasteiger partial charge in [-0.25, -0.2) is 0 Å². The first-order valence-corrected chi connectivity index (χ1v) is 11.1. The van der Waals surface area contributed by atoms with Gasteiger partial charge >= 0.3 is 5.97 Å². The lowest BCUT2D eigenvalue weighted by atomic mass is 9.46. The van der Waals surface area contributed by atoms with Gasteiger partial charge in [-0.2, -0.15) is 0 Å². The van der Waals surface area contributed by atoms with E-state index >= 15 is 0 Å². The molecule has 0 aromatic heterocycles. The van der Waals surface area contributed by atoms with Crippen LogP contribution in [-0.4, -0.2) is 30.2 Å². The van der Waals surface area contributed by atoms with E-state index in [1.54, 1.807) is 0 Å². The second-order valence-corrected chi connectivity index (χ2v) is 10.2.